The molecule has 1 rings (SSSR count). The Morgan fingerprint density at radius 1 is 1.08 bits per heavy atom. The standard InChI is InChI=1S/C19H26N2O4/c1-5-11-21(12-6-2)17(22)13-14(3)18(23)20-16-9-7-15(8-10-16)19(24)25-4/h7-10,13H,5-6,11-12H2,1-4H3,(H,20,23)/b14-13+. The molecule has 6 nitrogen and oxygen atoms in total. The SMILES string of the molecule is CCCN(CCC)C(=O)/C=C(\C)C(=O)Nc1ccc(C(=O)OC)cc1. The van der Waals surface area contributed by atoms with Crippen LogP contribution < -0.4 is 5.32 Å². The minimum absolute atomic E-state index is 0.155. The lowest BCUT2D eigenvalue weighted by atomic mass is 10.2. The van der Waals surface area contributed by atoms with E-state index in [9.17, 15) is 14.4 Å². The number of benzene rings is 1. The summed E-state index contributed by atoms with van der Waals surface area (Å²) >= 11 is 0. The van der Waals surface area contributed by atoms with Gasteiger partial charge in [-0.3, -0.25) is 9.59 Å². The van der Waals surface area contributed by atoms with Crippen LogP contribution in [0.5, 0.6) is 0 Å². The molecule has 0 aliphatic heterocycles. The zero-order chi connectivity index (χ0) is 18.8. The van der Waals surface area contributed by atoms with Crippen LogP contribution in [-0.4, -0.2) is 42.9 Å². The van der Waals surface area contributed by atoms with Crippen molar-refractivity contribution < 1.29 is 19.1 Å². The number of ether oxygens (including phenoxy) is 1. The lowest BCUT2D eigenvalue weighted by Crippen LogP contribution is -2.31. The van der Waals surface area contributed by atoms with Crippen molar-refractivity contribution in [1.29, 1.82) is 0 Å². The van der Waals surface area contributed by atoms with Gasteiger partial charge >= 0.3 is 5.97 Å². The van der Waals surface area contributed by atoms with Crippen molar-refractivity contribution >= 4 is 23.5 Å². The van der Waals surface area contributed by atoms with Crippen LogP contribution in [0.15, 0.2) is 35.9 Å². The Hall–Kier alpha value is -2.63. The first-order valence-corrected chi connectivity index (χ1v) is 8.39. The van der Waals surface area contributed by atoms with E-state index in [0.717, 1.165) is 12.8 Å². The van der Waals surface area contributed by atoms with Gasteiger partial charge in [-0.25, -0.2) is 4.79 Å². The van der Waals surface area contributed by atoms with Gasteiger partial charge in [0, 0.05) is 30.4 Å². The number of nitrogens with zero attached hydrogens (tertiary/aromatic N) is 1. The fraction of sp³-hybridized carbons (Fsp3) is 0.421. The average molecular weight is 346 g/mol. The quantitative estimate of drug-likeness (QED) is 0.580. The molecule has 0 aromatic heterocycles. The van der Waals surface area contributed by atoms with Crippen molar-refractivity contribution in [2.24, 2.45) is 0 Å². The summed E-state index contributed by atoms with van der Waals surface area (Å²) in [7, 11) is 1.31. The monoisotopic (exact) mass is 346 g/mol. The van der Waals surface area contributed by atoms with Crippen molar-refractivity contribution in [2.45, 2.75) is 33.6 Å². The Kier molecular flexibility index (Phi) is 8.39. The van der Waals surface area contributed by atoms with E-state index in [1.807, 2.05) is 13.8 Å². The number of rotatable bonds is 8. The highest BCUT2D eigenvalue weighted by Gasteiger charge is 2.13. The van der Waals surface area contributed by atoms with E-state index >= 15 is 0 Å². The number of esters is 1. The molecule has 0 heterocycles. The molecule has 2 amide bonds. The molecule has 0 saturated carbocycles. The maximum atomic E-state index is 12.3. The molecule has 1 N–H and O–H groups in total. The molecule has 25 heavy (non-hydrogen) atoms. The van der Waals surface area contributed by atoms with E-state index in [0.29, 0.717) is 29.9 Å². The van der Waals surface area contributed by atoms with Crippen molar-refractivity contribution in [3.63, 3.8) is 0 Å². The highest BCUT2D eigenvalue weighted by Crippen LogP contribution is 2.12. The molecule has 1 aromatic carbocycles. The number of amides is 2. The topological polar surface area (TPSA) is 75.7 Å². The number of carbonyl (C=O) groups is 3. The third-order valence-corrected chi connectivity index (χ3v) is 3.56. The van der Waals surface area contributed by atoms with E-state index in [2.05, 4.69) is 10.1 Å². The van der Waals surface area contributed by atoms with Gasteiger partial charge in [0.2, 0.25) is 5.91 Å². The van der Waals surface area contributed by atoms with E-state index in [-0.39, 0.29) is 11.8 Å². The van der Waals surface area contributed by atoms with Gasteiger partial charge in [-0.15, -0.1) is 0 Å². The molecule has 0 atom stereocenters. The fourth-order valence-corrected chi connectivity index (χ4v) is 2.25. The molecule has 136 valence electrons. The largest absolute Gasteiger partial charge is 0.465 e. The molecule has 0 radical (unpaired) electrons. The zero-order valence-corrected chi connectivity index (χ0v) is 15.3. The van der Waals surface area contributed by atoms with Crippen molar-refractivity contribution in [1.82, 2.24) is 4.90 Å². The number of carbonyl (C=O) groups excluding carboxylic acids is 3. The van der Waals surface area contributed by atoms with Crippen LogP contribution in [0.2, 0.25) is 0 Å². The Bertz CT molecular complexity index is 629. The van der Waals surface area contributed by atoms with Crippen LogP contribution in [0.1, 0.15) is 44.0 Å². The Morgan fingerprint density at radius 2 is 1.64 bits per heavy atom. The fourth-order valence-electron chi connectivity index (χ4n) is 2.25. The Balaban J connectivity index is 2.75. The van der Waals surface area contributed by atoms with Crippen LogP contribution in [0.3, 0.4) is 0 Å². The normalized spacial score (nSPS) is 11.0. The van der Waals surface area contributed by atoms with Gasteiger partial charge in [0.25, 0.3) is 5.91 Å². The molecule has 0 bridgehead atoms. The second kappa shape index (κ2) is 10.3. The third-order valence-electron chi connectivity index (χ3n) is 3.56. The molecule has 1 aromatic rings. The number of hydrogen-bond acceptors (Lipinski definition) is 4. The Morgan fingerprint density at radius 3 is 2.12 bits per heavy atom. The maximum Gasteiger partial charge on any atom is 0.337 e. The van der Waals surface area contributed by atoms with Gasteiger partial charge < -0.3 is 15.0 Å². The minimum atomic E-state index is -0.438. The lowest BCUT2D eigenvalue weighted by Gasteiger charge is -2.19. The van der Waals surface area contributed by atoms with Gasteiger partial charge in [-0.2, -0.15) is 0 Å². The van der Waals surface area contributed by atoms with Gasteiger partial charge in [-0.1, -0.05) is 13.8 Å². The summed E-state index contributed by atoms with van der Waals surface area (Å²) in [6, 6.07) is 6.35. The summed E-state index contributed by atoms with van der Waals surface area (Å²) in [6.07, 6.45) is 3.11. The summed E-state index contributed by atoms with van der Waals surface area (Å²) in [6.45, 7) is 6.97. The molecule has 0 fully saturated rings. The van der Waals surface area contributed by atoms with Crippen LogP contribution in [-0.2, 0) is 14.3 Å². The molecule has 0 spiro atoms. The summed E-state index contributed by atoms with van der Waals surface area (Å²) in [5, 5.41) is 2.70. The molecule has 0 aliphatic carbocycles. The van der Waals surface area contributed by atoms with Gasteiger partial charge in [0.05, 0.1) is 12.7 Å². The van der Waals surface area contributed by atoms with Crippen LogP contribution >= 0.6 is 0 Å². The second-order valence-electron chi connectivity index (χ2n) is 5.68. The smallest absolute Gasteiger partial charge is 0.337 e. The van der Waals surface area contributed by atoms with Crippen molar-refractivity contribution in [3.05, 3.63) is 41.5 Å². The summed E-state index contributed by atoms with van der Waals surface area (Å²) in [4.78, 5) is 37.6. The predicted molar refractivity (Wildman–Crippen MR) is 97.3 cm³/mol. The highest BCUT2D eigenvalue weighted by atomic mass is 16.5. The van der Waals surface area contributed by atoms with Crippen molar-refractivity contribution in [3.8, 4) is 0 Å². The summed E-state index contributed by atoms with van der Waals surface area (Å²) < 4.78 is 4.62. The number of methoxy groups -OCH3 is 1. The maximum absolute atomic E-state index is 12.3. The van der Waals surface area contributed by atoms with E-state index in [1.165, 1.54) is 13.2 Å². The lowest BCUT2D eigenvalue weighted by molar-refractivity contribution is -0.126. The molecule has 0 aliphatic rings. The van der Waals surface area contributed by atoms with E-state index in [1.54, 1.807) is 36.1 Å². The van der Waals surface area contributed by atoms with Crippen LogP contribution in [0.4, 0.5) is 5.69 Å². The number of nitrogens with one attached hydrogen (secondary N) is 1. The summed E-state index contributed by atoms with van der Waals surface area (Å²) in [5.41, 5.74) is 1.27. The van der Waals surface area contributed by atoms with E-state index < -0.39 is 5.97 Å². The van der Waals surface area contributed by atoms with Crippen LogP contribution in [0, 0.1) is 0 Å². The first-order chi connectivity index (χ1) is 11.9. The van der Waals surface area contributed by atoms with Crippen LogP contribution in [0.25, 0.3) is 0 Å². The van der Waals surface area contributed by atoms with E-state index in [4.69, 9.17) is 0 Å². The second-order valence-corrected chi connectivity index (χ2v) is 5.68. The molecule has 0 unspecified atom stereocenters. The van der Waals surface area contributed by atoms with Crippen molar-refractivity contribution in [2.75, 3.05) is 25.5 Å². The zero-order valence-electron chi connectivity index (χ0n) is 15.3. The molecule has 0 saturated heterocycles. The average Bonchev–Trinajstić information content (AvgIpc) is 2.61. The van der Waals surface area contributed by atoms with Gasteiger partial charge in [0.15, 0.2) is 0 Å². The molecular weight excluding hydrogens is 320 g/mol. The predicted octanol–water partition coefficient (Wildman–Crippen LogP) is 3.01. The summed E-state index contributed by atoms with van der Waals surface area (Å²) in [5.74, 6) is -0.948. The first kappa shape index (κ1) is 20.4. The van der Waals surface area contributed by atoms with Gasteiger partial charge in [0.1, 0.15) is 0 Å². The first-order valence-electron chi connectivity index (χ1n) is 8.39. The molecular formula is C19H26N2O4. The third kappa shape index (κ3) is 6.41. The number of hydrogen-bond donors (Lipinski definition) is 1. The Labute approximate surface area is 148 Å². The number of anilines is 1. The van der Waals surface area contributed by atoms with Gasteiger partial charge in [-0.05, 0) is 44.0 Å². The highest BCUT2D eigenvalue weighted by molar-refractivity contribution is 6.07. The molecule has 6 heteroatoms. The minimum Gasteiger partial charge on any atom is -0.465 e.